The lowest BCUT2D eigenvalue weighted by molar-refractivity contribution is 0.135. The molecule has 0 saturated carbocycles. The van der Waals surface area contributed by atoms with E-state index in [-0.39, 0.29) is 27.7 Å². The van der Waals surface area contributed by atoms with Crippen molar-refractivity contribution in [3.05, 3.63) is 52.8 Å². The van der Waals surface area contributed by atoms with Crippen LogP contribution in [0.15, 0.2) is 47.6 Å². The van der Waals surface area contributed by atoms with Crippen molar-refractivity contribution >= 4 is 43.2 Å². The molecule has 0 bridgehead atoms. The fourth-order valence-electron chi connectivity index (χ4n) is 4.60. The van der Waals surface area contributed by atoms with Crippen molar-refractivity contribution in [1.82, 2.24) is 13.6 Å². The minimum Gasteiger partial charge on any atom is -0.490 e. The predicted molar refractivity (Wildman–Crippen MR) is 136 cm³/mol. The number of halogens is 2. The summed E-state index contributed by atoms with van der Waals surface area (Å²) in [5.74, 6) is 0.924. The lowest BCUT2D eigenvalue weighted by atomic mass is 10.0. The van der Waals surface area contributed by atoms with E-state index >= 15 is 0 Å². The summed E-state index contributed by atoms with van der Waals surface area (Å²) in [7, 11) is -7.08. The van der Waals surface area contributed by atoms with Crippen molar-refractivity contribution in [2.75, 3.05) is 31.9 Å². The normalized spacial score (nSPS) is 20.8. The maximum Gasteiger partial charge on any atom is 0.244 e. The van der Waals surface area contributed by atoms with Gasteiger partial charge in [0.1, 0.15) is 16.7 Å². The number of pyridine rings is 1. The van der Waals surface area contributed by atoms with Gasteiger partial charge in [0, 0.05) is 43.6 Å². The number of rotatable bonds is 9. The first kappa shape index (κ1) is 26.6. The summed E-state index contributed by atoms with van der Waals surface area (Å²) < 4.78 is 60.5. The molecule has 2 aliphatic rings. The molecule has 4 rings (SSSR count). The molecule has 2 aliphatic heterocycles. The molecule has 2 aromatic rings. The number of ether oxygens (including phenoxy) is 1. The van der Waals surface area contributed by atoms with Gasteiger partial charge in [-0.3, -0.25) is 4.98 Å². The second-order valence-corrected chi connectivity index (χ2v) is 13.8. The largest absolute Gasteiger partial charge is 0.490 e. The summed E-state index contributed by atoms with van der Waals surface area (Å²) in [5, 5.41) is 0.474. The zero-order valence-electron chi connectivity index (χ0n) is 19.2. The maximum atomic E-state index is 13.0. The molecule has 12 heteroatoms. The molecule has 0 radical (unpaired) electrons. The van der Waals surface area contributed by atoms with Gasteiger partial charge in [0.05, 0.1) is 10.8 Å². The second kappa shape index (κ2) is 11.3. The van der Waals surface area contributed by atoms with Crippen LogP contribution >= 0.6 is 23.2 Å². The van der Waals surface area contributed by atoms with E-state index in [1.54, 1.807) is 28.8 Å². The standard InChI is InChI=1S/C23H29Cl2N3O5S2/c24-19-3-4-23(22(25)16-19)35(31,32)28-12-7-18(17-28)2-1-15-34(29,30)27-13-8-21(9-14-27)33-20-5-10-26-11-6-20/h3-6,10-11,16,18,21H,1-2,7-9,12-15,17H2/t18-/m0/s1. The highest BCUT2D eigenvalue weighted by Crippen LogP contribution is 2.32. The number of hydrogen-bond acceptors (Lipinski definition) is 6. The first-order valence-electron chi connectivity index (χ1n) is 11.6. The molecule has 0 amide bonds. The van der Waals surface area contributed by atoms with Gasteiger partial charge in [-0.25, -0.2) is 21.1 Å². The molecule has 1 aromatic carbocycles. The van der Waals surface area contributed by atoms with Crippen molar-refractivity contribution in [3.63, 3.8) is 0 Å². The highest BCUT2D eigenvalue weighted by Gasteiger charge is 2.34. The number of sulfonamides is 2. The molecule has 0 aliphatic carbocycles. The van der Waals surface area contributed by atoms with Crippen molar-refractivity contribution in [3.8, 4) is 5.75 Å². The van der Waals surface area contributed by atoms with E-state index < -0.39 is 20.0 Å². The van der Waals surface area contributed by atoms with Crippen LogP contribution in [0.1, 0.15) is 32.1 Å². The molecule has 8 nitrogen and oxygen atoms in total. The molecule has 35 heavy (non-hydrogen) atoms. The molecule has 0 spiro atoms. The van der Waals surface area contributed by atoms with E-state index in [4.69, 9.17) is 27.9 Å². The van der Waals surface area contributed by atoms with E-state index in [0.717, 1.165) is 5.75 Å². The number of benzene rings is 1. The van der Waals surface area contributed by atoms with Gasteiger partial charge >= 0.3 is 0 Å². The van der Waals surface area contributed by atoms with Gasteiger partial charge in [-0.15, -0.1) is 0 Å². The minimum absolute atomic E-state index is 0.00980. The molecule has 1 atom stereocenters. The highest BCUT2D eigenvalue weighted by atomic mass is 35.5. The molecular formula is C23H29Cl2N3O5S2. The van der Waals surface area contributed by atoms with Gasteiger partial charge in [-0.2, -0.15) is 4.31 Å². The van der Waals surface area contributed by atoms with Crippen LogP contribution in [0.2, 0.25) is 10.0 Å². The van der Waals surface area contributed by atoms with Gasteiger partial charge in [0.25, 0.3) is 0 Å². The Morgan fingerprint density at radius 1 is 0.943 bits per heavy atom. The summed E-state index contributed by atoms with van der Waals surface area (Å²) in [4.78, 5) is 4.01. The summed E-state index contributed by atoms with van der Waals surface area (Å²) in [5.41, 5.74) is 0. The highest BCUT2D eigenvalue weighted by molar-refractivity contribution is 7.89. The lowest BCUT2D eigenvalue weighted by Crippen LogP contribution is -2.42. The van der Waals surface area contributed by atoms with Crippen LogP contribution in [0.4, 0.5) is 0 Å². The van der Waals surface area contributed by atoms with E-state index in [1.165, 1.54) is 22.5 Å². The van der Waals surface area contributed by atoms with Gasteiger partial charge < -0.3 is 4.74 Å². The van der Waals surface area contributed by atoms with Crippen LogP contribution in [0.5, 0.6) is 5.75 Å². The SMILES string of the molecule is O=S(=O)(CCC[C@H]1CCN(S(=O)(=O)c2ccc(Cl)cc2Cl)C1)N1CCC(Oc2ccncc2)CC1. The molecule has 192 valence electrons. The minimum atomic E-state index is -3.72. The zero-order valence-corrected chi connectivity index (χ0v) is 22.4. The Hall–Kier alpha value is -1.43. The van der Waals surface area contributed by atoms with E-state index in [0.29, 0.717) is 63.3 Å². The summed E-state index contributed by atoms with van der Waals surface area (Å²) in [6.45, 7) is 1.63. The summed E-state index contributed by atoms with van der Waals surface area (Å²) in [6, 6.07) is 7.94. The van der Waals surface area contributed by atoms with Gasteiger partial charge in [0.15, 0.2) is 0 Å². The smallest absolute Gasteiger partial charge is 0.244 e. The van der Waals surface area contributed by atoms with Crippen molar-refractivity contribution in [2.45, 2.75) is 43.1 Å². The molecule has 2 fully saturated rings. The molecule has 2 saturated heterocycles. The first-order chi connectivity index (χ1) is 16.6. The fraction of sp³-hybridized carbons (Fsp3) is 0.522. The van der Waals surface area contributed by atoms with Gasteiger partial charge in [-0.1, -0.05) is 23.2 Å². The Labute approximate surface area is 217 Å². The third-order valence-electron chi connectivity index (χ3n) is 6.52. The molecular weight excluding hydrogens is 533 g/mol. The maximum absolute atomic E-state index is 13.0. The van der Waals surface area contributed by atoms with Crippen LogP contribution in [-0.4, -0.2) is 68.5 Å². The fourth-order valence-corrected chi connectivity index (χ4v) is 8.43. The van der Waals surface area contributed by atoms with Crippen LogP contribution in [0.3, 0.4) is 0 Å². The van der Waals surface area contributed by atoms with E-state index in [9.17, 15) is 16.8 Å². The molecule has 0 unspecified atom stereocenters. The van der Waals surface area contributed by atoms with E-state index in [1.807, 2.05) is 0 Å². The van der Waals surface area contributed by atoms with Crippen LogP contribution in [0, 0.1) is 5.92 Å². The average molecular weight is 563 g/mol. The van der Waals surface area contributed by atoms with Crippen LogP contribution in [-0.2, 0) is 20.0 Å². The summed E-state index contributed by atoms with van der Waals surface area (Å²) in [6.07, 6.45) is 6.46. The van der Waals surface area contributed by atoms with Gasteiger partial charge in [0.2, 0.25) is 20.0 Å². The average Bonchev–Trinajstić information content (AvgIpc) is 3.30. The van der Waals surface area contributed by atoms with Crippen molar-refractivity contribution in [1.29, 1.82) is 0 Å². The number of nitrogens with zero attached hydrogens (tertiary/aromatic N) is 3. The summed E-state index contributed by atoms with van der Waals surface area (Å²) >= 11 is 12.0. The number of piperidine rings is 1. The van der Waals surface area contributed by atoms with Crippen LogP contribution < -0.4 is 4.74 Å². The van der Waals surface area contributed by atoms with Crippen LogP contribution in [0.25, 0.3) is 0 Å². The molecule has 0 N–H and O–H groups in total. The van der Waals surface area contributed by atoms with Crippen molar-refractivity contribution < 1.29 is 21.6 Å². The van der Waals surface area contributed by atoms with Gasteiger partial charge in [-0.05, 0) is 68.4 Å². The monoisotopic (exact) mass is 561 g/mol. The van der Waals surface area contributed by atoms with E-state index in [2.05, 4.69) is 4.98 Å². The number of aromatic nitrogens is 1. The zero-order chi connectivity index (χ0) is 25.1. The Morgan fingerprint density at radius 3 is 2.31 bits per heavy atom. The third kappa shape index (κ3) is 6.67. The Morgan fingerprint density at radius 2 is 1.63 bits per heavy atom. The topological polar surface area (TPSA) is 96.9 Å². The predicted octanol–water partition coefficient (Wildman–Crippen LogP) is 4.05. The Bertz CT molecular complexity index is 1220. The Balaban J connectivity index is 1.23. The lowest BCUT2D eigenvalue weighted by Gasteiger charge is -2.31. The quantitative estimate of drug-likeness (QED) is 0.458. The molecule has 1 aromatic heterocycles. The molecule has 3 heterocycles. The third-order valence-corrected chi connectivity index (χ3v) is 11.1. The number of hydrogen-bond donors (Lipinski definition) is 0. The van der Waals surface area contributed by atoms with Crippen molar-refractivity contribution in [2.24, 2.45) is 5.92 Å². The Kier molecular flexibility index (Phi) is 8.61. The first-order valence-corrected chi connectivity index (χ1v) is 15.5. The second-order valence-electron chi connectivity index (χ2n) is 8.95.